The van der Waals surface area contributed by atoms with Crippen molar-refractivity contribution < 1.29 is 14.3 Å². The number of carbonyl (C=O) groups is 2. The van der Waals surface area contributed by atoms with Gasteiger partial charge in [-0.05, 0) is 62.6 Å². The number of nitrogens with zero attached hydrogens (tertiary/aromatic N) is 1. The van der Waals surface area contributed by atoms with E-state index in [0.717, 1.165) is 5.56 Å². The molecular formula is C24H30Cl2N2O3. The molecule has 1 atom stereocenters. The number of rotatable bonds is 8. The van der Waals surface area contributed by atoms with Gasteiger partial charge < -0.3 is 15.0 Å². The lowest BCUT2D eigenvalue weighted by Gasteiger charge is -2.33. The summed E-state index contributed by atoms with van der Waals surface area (Å²) in [6.07, 6.45) is 0.468. The van der Waals surface area contributed by atoms with Gasteiger partial charge in [-0.2, -0.15) is 0 Å². The van der Waals surface area contributed by atoms with Crippen LogP contribution in [-0.2, 0) is 22.6 Å². The molecule has 2 rings (SSSR count). The fourth-order valence-electron chi connectivity index (χ4n) is 3.29. The molecule has 0 saturated heterocycles. The van der Waals surface area contributed by atoms with E-state index in [4.69, 9.17) is 27.9 Å². The van der Waals surface area contributed by atoms with Gasteiger partial charge in [-0.15, -0.1) is 0 Å². The van der Waals surface area contributed by atoms with E-state index in [1.807, 2.05) is 52.0 Å². The van der Waals surface area contributed by atoms with Crippen molar-refractivity contribution in [2.75, 3.05) is 7.11 Å². The van der Waals surface area contributed by atoms with Crippen LogP contribution in [0, 0.1) is 0 Å². The van der Waals surface area contributed by atoms with Crippen LogP contribution in [0.25, 0.3) is 0 Å². The normalized spacial score (nSPS) is 12.2. The number of ether oxygens (including phenoxy) is 1. The van der Waals surface area contributed by atoms with Gasteiger partial charge in [0.1, 0.15) is 11.8 Å². The first-order valence-corrected chi connectivity index (χ1v) is 11.0. The van der Waals surface area contributed by atoms with Crippen LogP contribution in [0.15, 0.2) is 42.5 Å². The molecule has 31 heavy (non-hydrogen) atoms. The highest BCUT2D eigenvalue weighted by Gasteiger charge is 2.31. The Morgan fingerprint density at radius 3 is 2.26 bits per heavy atom. The minimum absolute atomic E-state index is 0.00176. The standard InChI is InChI=1S/C24H30Cl2N2O3/c1-6-21(23(30)27-24(2,3)4)28(15-16-9-7-10-17(13-16)31-5)22(29)14-18-19(25)11-8-12-20(18)26/h7-13,21H,6,14-15H2,1-5H3,(H,27,30)/t21-/m0/s1. The fourth-order valence-corrected chi connectivity index (χ4v) is 3.82. The van der Waals surface area contributed by atoms with E-state index in [-0.39, 0.29) is 24.8 Å². The molecule has 5 nitrogen and oxygen atoms in total. The Balaban J connectivity index is 2.39. The smallest absolute Gasteiger partial charge is 0.243 e. The Labute approximate surface area is 194 Å². The SMILES string of the molecule is CC[C@@H](C(=O)NC(C)(C)C)N(Cc1cccc(OC)c1)C(=O)Cc1c(Cl)cccc1Cl. The van der Waals surface area contributed by atoms with Crippen molar-refractivity contribution in [3.8, 4) is 5.75 Å². The predicted octanol–water partition coefficient (Wildman–Crippen LogP) is 5.27. The van der Waals surface area contributed by atoms with E-state index in [9.17, 15) is 9.59 Å². The number of halogens is 2. The van der Waals surface area contributed by atoms with Crippen molar-refractivity contribution in [3.05, 3.63) is 63.6 Å². The lowest BCUT2D eigenvalue weighted by Crippen LogP contribution is -2.53. The lowest BCUT2D eigenvalue weighted by atomic mass is 10.0. The van der Waals surface area contributed by atoms with Crippen LogP contribution in [0.3, 0.4) is 0 Å². The van der Waals surface area contributed by atoms with Gasteiger partial charge in [0.2, 0.25) is 11.8 Å². The predicted molar refractivity (Wildman–Crippen MR) is 126 cm³/mol. The van der Waals surface area contributed by atoms with Crippen LogP contribution in [-0.4, -0.2) is 35.4 Å². The molecule has 0 spiro atoms. The number of hydrogen-bond donors (Lipinski definition) is 1. The molecule has 2 aromatic rings. The minimum atomic E-state index is -0.640. The first-order valence-electron chi connectivity index (χ1n) is 10.2. The second kappa shape index (κ2) is 10.9. The third-order valence-corrected chi connectivity index (χ3v) is 5.47. The number of carbonyl (C=O) groups excluding carboxylic acids is 2. The van der Waals surface area contributed by atoms with Gasteiger partial charge in [-0.3, -0.25) is 9.59 Å². The summed E-state index contributed by atoms with van der Waals surface area (Å²) < 4.78 is 5.31. The highest BCUT2D eigenvalue weighted by Crippen LogP contribution is 2.26. The average molecular weight is 465 g/mol. The van der Waals surface area contributed by atoms with Crippen LogP contribution in [0.2, 0.25) is 10.0 Å². The topological polar surface area (TPSA) is 58.6 Å². The van der Waals surface area contributed by atoms with Gasteiger partial charge in [0.15, 0.2) is 0 Å². The zero-order valence-electron chi connectivity index (χ0n) is 18.7. The molecule has 0 unspecified atom stereocenters. The molecule has 168 valence electrons. The van der Waals surface area contributed by atoms with Gasteiger partial charge in [-0.25, -0.2) is 0 Å². The van der Waals surface area contributed by atoms with E-state index in [0.29, 0.717) is 27.8 Å². The third kappa shape index (κ3) is 7.15. The molecule has 0 aliphatic carbocycles. The van der Waals surface area contributed by atoms with Gasteiger partial charge >= 0.3 is 0 Å². The minimum Gasteiger partial charge on any atom is -0.497 e. The molecule has 2 aromatic carbocycles. The maximum Gasteiger partial charge on any atom is 0.243 e. The molecule has 0 aliphatic heterocycles. The number of nitrogens with one attached hydrogen (secondary N) is 1. The van der Waals surface area contributed by atoms with Crippen LogP contribution in [0.1, 0.15) is 45.2 Å². The molecular weight excluding hydrogens is 435 g/mol. The first kappa shape index (κ1) is 25.0. The Hall–Kier alpha value is -2.24. The average Bonchev–Trinajstić information content (AvgIpc) is 2.69. The van der Waals surface area contributed by atoms with Crippen molar-refractivity contribution in [3.63, 3.8) is 0 Å². The van der Waals surface area contributed by atoms with Gasteiger partial charge in [0.05, 0.1) is 13.5 Å². The Bertz CT molecular complexity index is 905. The van der Waals surface area contributed by atoms with E-state index < -0.39 is 11.6 Å². The van der Waals surface area contributed by atoms with Crippen molar-refractivity contribution in [2.45, 2.75) is 58.7 Å². The van der Waals surface area contributed by atoms with E-state index in [1.54, 1.807) is 30.2 Å². The summed E-state index contributed by atoms with van der Waals surface area (Å²) in [4.78, 5) is 28.1. The monoisotopic (exact) mass is 464 g/mol. The lowest BCUT2D eigenvalue weighted by molar-refractivity contribution is -0.141. The number of methoxy groups -OCH3 is 1. The molecule has 0 aromatic heterocycles. The summed E-state index contributed by atoms with van der Waals surface area (Å²) in [7, 11) is 1.59. The second-order valence-electron chi connectivity index (χ2n) is 8.41. The van der Waals surface area contributed by atoms with Crippen molar-refractivity contribution in [1.29, 1.82) is 0 Å². The van der Waals surface area contributed by atoms with Crippen molar-refractivity contribution >= 4 is 35.0 Å². The highest BCUT2D eigenvalue weighted by molar-refractivity contribution is 6.36. The first-order chi connectivity index (χ1) is 14.6. The zero-order valence-corrected chi connectivity index (χ0v) is 20.2. The number of hydrogen-bond acceptors (Lipinski definition) is 3. The molecule has 7 heteroatoms. The van der Waals surface area contributed by atoms with E-state index in [2.05, 4.69) is 5.32 Å². The second-order valence-corrected chi connectivity index (χ2v) is 9.23. The molecule has 0 aliphatic rings. The number of amides is 2. The summed E-state index contributed by atoms with van der Waals surface area (Å²) in [6.45, 7) is 7.88. The van der Waals surface area contributed by atoms with Crippen molar-refractivity contribution in [2.24, 2.45) is 0 Å². The van der Waals surface area contributed by atoms with Crippen molar-refractivity contribution in [1.82, 2.24) is 10.2 Å². The van der Waals surface area contributed by atoms with E-state index in [1.165, 1.54) is 0 Å². The zero-order chi connectivity index (χ0) is 23.2. The van der Waals surface area contributed by atoms with Crippen LogP contribution in [0.4, 0.5) is 0 Å². The molecule has 0 saturated carbocycles. The molecule has 0 bridgehead atoms. The van der Waals surface area contributed by atoms with Crippen LogP contribution in [0.5, 0.6) is 5.75 Å². The summed E-state index contributed by atoms with van der Waals surface area (Å²) in [5.41, 5.74) is 0.999. The maximum absolute atomic E-state index is 13.4. The van der Waals surface area contributed by atoms with Gasteiger partial charge in [0, 0.05) is 22.1 Å². The molecule has 0 radical (unpaired) electrons. The Kier molecular flexibility index (Phi) is 8.78. The Morgan fingerprint density at radius 1 is 1.10 bits per heavy atom. The highest BCUT2D eigenvalue weighted by atomic mass is 35.5. The summed E-state index contributed by atoms with van der Waals surface area (Å²) >= 11 is 12.6. The number of benzene rings is 2. The summed E-state index contributed by atoms with van der Waals surface area (Å²) in [5.74, 6) is 0.261. The van der Waals surface area contributed by atoms with Gasteiger partial charge in [0.25, 0.3) is 0 Å². The molecule has 1 N–H and O–H groups in total. The van der Waals surface area contributed by atoms with Crippen LogP contribution >= 0.6 is 23.2 Å². The molecule has 2 amide bonds. The summed E-state index contributed by atoms with van der Waals surface area (Å²) in [6, 6.07) is 12.0. The molecule has 0 heterocycles. The van der Waals surface area contributed by atoms with Gasteiger partial charge in [-0.1, -0.05) is 48.3 Å². The maximum atomic E-state index is 13.4. The summed E-state index contributed by atoms with van der Waals surface area (Å²) in [5, 5.41) is 3.84. The van der Waals surface area contributed by atoms with Crippen LogP contribution < -0.4 is 10.1 Å². The molecule has 0 fully saturated rings. The third-order valence-electron chi connectivity index (χ3n) is 4.76. The Morgan fingerprint density at radius 2 is 1.71 bits per heavy atom. The largest absolute Gasteiger partial charge is 0.497 e. The quantitative estimate of drug-likeness (QED) is 0.578. The fraction of sp³-hybridized carbons (Fsp3) is 0.417. The van der Waals surface area contributed by atoms with E-state index >= 15 is 0 Å².